The van der Waals surface area contributed by atoms with Gasteiger partial charge in [0.15, 0.2) is 6.20 Å². The fourth-order valence-electron chi connectivity index (χ4n) is 0.541. The molecule has 1 rings (SSSR count). The van der Waals surface area contributed by atoms with E-state index in [2.05, 4.69) is 0 Å². The number of aryl methyl sites for hydroxylation is 1. The Bertz CT molecular complexity index is 167. The molecule has 9 heavy (non-hydrogen) atoms. The van der Waals surface area contributed by atoms with E-state index in [0.717, 1.165) is 5.69 Å². The van der Waals surface area contributed by atoms with Crippen molar-refractivity contribution in [3.05, 3.63) is 30.1 Å². The maximum Gasteiger partial charge on any atom is 0.208 e. The molecule has 0 unspecified atom stereocenters. The van der Waals surface area contributed by atoms with E-state index in [4.69, 9.17) is 5.84 Å². The molecule has 1 aromatic heterocycles. The lowest BCUT2D eigenvalue weighted by Gasteiger charge is -1.85. The molecule has 1 heterocycles. The van der Waals surface area contributed by atoms with Crippen molar-refractivity contribution in [2.24, 2.45) is 0 Å². The van der Waals surface area contributed by atoms with Crippen molar-refractivity contribution >= 4 is 0 Å². The van der Waals surface area contributed by atoms with Gasteiger partial charge in [-0.15, -0.1) is 0 Å². The molecule has 0 bridgehead atoms. The molecular weight excluding hydrogens is 136 g/mol. The minimum Gasteiger partial charge on any atom is -1.00 e. The van der Waals surface area contributed by atoms with E-state index in [9.17, 15) is 0 Å². The van der Waals surface area contributed by atoms with Gasteiger partial charge in [0.05, 0.1) is 0 Å². The minimum atomic E-state index is 0. The van der Waals surface area contributed by atoms with Crippen molar-refractivity contribution in [3.8, 4) is 0 Å². The molecule has 0 aromatic carbocycles. The van der Waals surface area contributed by atoms with Crippen LogP contribution in [-0.4, -0.2) is 0 Å². The van der Waals surface area contributed by atoms with Gasteiger partial charge in [-0.1, -0.05) is 4.68 Å². The molecule has 0 radical (unpaired) electrons. The van der Waals surface area contributed by atoms with E-state index < -0.39 is 0 Å². The quantitative estimate of drug-likeness (QED) is 0.305. The molecule has 0 saturated heterocycles. The summed E-state index contributed by atoms with van der Waals surface area (Å²) < 4.78 is 1.58. The summed E-state index contributed by atoms with van der Waals surface area (Å²) in [5.74, 6) is 5.44. The predicted octanol–water partition coefficient (Wildman–Crippen LogP) is -3.00. The zero-order valence-corrected chi connectivity index (χ0v) is 5.97. The summed E-state index contributed by atoms with van der Waals surface area (Å²) in [6, 6.07) is 5.81. The zero-order valence-electron chi connectivity index (χ0n) is 5.21. The number of nitrogens with zero attached hydrogens (tertiary/aromatic N) is 1. The van der Waals surface area contributed by atoms with Crippen LogP contribution in [0.2, 0.25) is 0 Å². The van der Waals surface area contributed by atoms with Gasteiger partial charge < -0.3 is 12.4 Å². The third kappa shape index (κ3) is 1.90. The van der Waals surface area contributed by atoms with Crippen LogP contribution < -0.4 is 22.9 Å². The van der Waals surface area contributed by atoms with Gasteiger partial charge in [0.2, 0.25) is 5.69 Å². The average molecular weight is 145 g/mol. The maximum atomic E-state index is 5.44. The molecule has 0 amide bonds. The van der Waals surface area contributed by atoms with Gasteiger partial charge >= 0.3 is 0 Å². The molecule has 0 aliphatic heterocycles. The highest BCUT2D eigenvalue weighted by Gasteiger charge is 1.93. The lowest BCUT2D eigenvalue weighted by molar-refractivity contribution is -0.645. The smallest absolute Gasteiger partial charge is 0.208 e. The summed E-state index contributed by atoms with van der Waals surface area (Å²) in [5, 5.41) is 0. The van der Waals surface area contributed by atoms with E-state index in [1.165, 1.54) is 0 Å². The fourth-order valence-corrected chi connectivity index (χ4v) is 0.541. The fraction of sp³-hybridized carbons (Fsp3) is 0.167. The van der Waals surface area contributed by atoms with E-state index in [1.54, 1.807) is 4.68 Å². The number of halogens is 1. The summed E-state index contributed by atoms with van der Waals surface area (Å²) in [6.45, 7) is 1.96. The molecule has 0 fully saturated rings. The molecule has 3 heteroatoms. The molecule has 0 aliphatic rings. The first-order chi connectivity index (χ1) is 3.80. The molecule has 0 saturated carbocycles. The van der Waals surface area contributed by atoms with E-state index >= 15 is 0 Å². The first-order valence-corrected chi connectivity index (χ1v) is 2.53. The average Bonchev–Trinajstić information content (AvgIpc) is 1.77. The summed E-state index contributed by atoms with van der Waals surface area (Å²) in [7, 11) is 0. The van der Waals surface area contributed by atoms with Gasteiger partial charge in [-0.25, -0.2) is 5.84 Å². The largest absolute Gasteiger partial charge is 1.00 e. The number of nitrogen functional groups attached to an aromatic ring is 1. The van der Waals surface area contributed by atoms with Crippen LogP contribution in [0.1, 0.15) is 5.69 Å². The lowest BCUT2D eigenvalue weighted by Crippen LogP contribution is -3.00. The van der Waals surface area contributed by atoms with Gasteiger partial charge in [0.25, 0.3) is 0 Å². The van der Waals surface area contributed by atoms with E-state index in [0.29, 0.717) is 0 Å². The van der Waals surface area contributed by atoms with Crippen LogP contribution in [0, 0.1) is 6.92 Å². The van der Waals surface area contributed by atoms with Crippen molar-refractivity contribution in [2.45, 2.75) is 6.92 Å². The van der Waals surface area contributed by atoms with Crippen LogP contribution in [0.5, 0.6) is 0 Å². The van der Waals surface area contributed by atoms with Crippen LogP contribution in [-0.2, 0) is 0 Å². The highest BCUT2D eigenvalue weighted by Crippen LogP contribution is 1.82. The van der Waals surface area contributed by atoms with Gasteiger partial charge in [-0.3, -0.25) is 0 Å². The molecule has 0 atom stereocenters. The Morgan fingerprint density at radius 3 is 2.44 bits per heavy atom. The van der Waals surface area contributed by atoms with Crippen LogP contribution in [0.25, 0.3) is 0 Å². The van der Waals surface area contributed by atoms with Crippen molar-refractivity contribution in [1.82, 2.24) is 0 Å². The second-order valence-corrected chi connectivity index (χ2v) is 1.75. The molecule has 2 N–H and O–H groups in total. The first kappa shape index (κ1) is 8.24. The molecule has 0 aliphatic carbocycles. The summed E-state index contributed by atoms with van der Waals surface area (Å²) in [6.07, 6.45) is 1.81. The molecule has 2 nitrogen and oxygen atoms in total. The Labute approximate surface area is 60.7 Å². The molecule has 1 aromatic rings. The van der Waals surface area contributed by atoms with Crippen molar-refractivity contribution < 1.29 is 17.1 Å². The predicted molar refractivity (Wildman–Crippen MR) is 31.5 cm³/mol. The van der Waals surface area contributed by atoms with E-state index in [-0.39, 0.29) is 12.4 Å². The number of hydrogen-bond donors (Lipinski definition) is 1. The summed E-state index contributed by atoms with van der Waals surface area (Å²) in [4.78, 5) is 0. The first-order valence-electron chi connectivity index (χ1n) is 2.53. The second kappa shape index (κ2) is 3.30. The Hall–Kier alpha value is -0.760. The normalized spacial score (nSPS) is 8.11. The number of aromatic nitrogens is 1. The summed E-state index contributed by atoms with van der Waals surface area (Å²) >= 11 is 0. The monoisotopic (exact) mass is 144 g/mol. The Balaban J connectivity index is 0.000000640. The molecule has 50 valence electrons. The minimum absolute atomic E-state index is 0. The number of rotatable bonds is 0. The van der Waals surface area contributed by atoms with E-state index in [1.807, 2.05) is 31.3 Å². The highest BCUT2D eigenvalue weighted by atomic mass is 35.5. The van der Waals surface area contributed by atoms with Gasteiger partial charge in [-0.2, -0.15) is 0 Å². The zero-order chi connectivity index (χ0) is 5.98. The Morgan fingerprint density at radius 1 is 1.44 bits per heavy atom. The molecule has 0 spiro atoms. The standard InChI is InChI=1S/C6H9N2.ClH/c1-6-4-2-3-5-8(6)7;/h2-5H,7H2,1H3;1H/q+1;/p-1. The van der Waals surface area contributed by atoms with Crippen LogP contribution >= 0.6 is 0 Å². The lowest BCUT2D eigenvalue weighted by atomic mass is 10.4. The molecular formula is C6H9ClN2. The Kier molecular flexibility index (Phi) is 3.02. The van der Waals surface area contributed by atoms with Crippen LogP contribution in [0.3, 0.4) is 0 Å². The number of hydrogen-bond acceptors (Lipinski definition) is 1. The van der Waals surface area contributed by atoms with Gasteiger partial charge in [-0.05, 0) is 6.07 Å². The summed E-state index contributed by atoms with van der Waals surface area (Å²) in [5.41, 5.74) is 1.06. The van der Waals surface area contributed by atoms with Crippen molar-refractivity contribution in [3.63, 3.8) is 0 Å². The van der Waals surface area contributed by atoms with Crippen molar-refractivity contribution in [1.29, 1.82) is 0 Å². The van der Waals surface area contributed by atoms with Crippen LogP contribution in [0.15, 0.2) is 24.4 Å². The Morgan fingerprint density at radius 2 is 2.11 bits per heavy atom. The highest BCUT2D eigenvalue weighted by molar-refractivity contribution is 4.93. The van der Waals surface area contributed by atoms with Crippen LogP contribution in [0.4, 0.5) is 0 Å². The topological polar surface area (TPSA) is 29.9 Å². The SMILES string of the molecule is Cc1cccc[n+]1N.[Cl-]. The maximum absolute atomic E-state index is 5.44. The second-order valence-electron chi connectivity index (χ2n) is 1.75. The third-order valence-corrected chi connectivity index (χ3v) is 1.10. The van der Waals surface area contributed by atoms with Gasteiger partial charge in [0.1, 0.15) is 0 Å². The number of nitrogens with two attached hydrogens (primary N) is 1. The van der Waals surface area contributed by atoms with Crippen molar-refractivity contribution in [2.75, 3.05) is 5.84 Å². The van der Waals surface area contributed by atoms with Gasteiger partial charge in [0, 0.05) is 19.1 Å². The number of pyridine rings is 1. The third-order valence-electron chi connectivity index (χ3n) is 1.10.